The van der Waals surface area contributed by atoms with Crippen LogP contribution in [0.3, 0.4) is 0 Å². The number of halogens is 3. The molecule has 2 aromatic carbocycles. The van der Waals surface area contributed by atoms with E-state index in [0.29, 0.717) is 10.5 Å². The van der Waals surface area contributed by atoms with Gasteiger partial charge in [-0.1, -0.05) is 42.5 Å². The number of carbonyl (C=O) groups is 3. The highest BCUT2D eigenvalue weighted by Crippen LogP contribution is 2.34. The van der Waals surface area contributed by atoms with Gasteiger partial charge in [0.1, 0.15) is 12.1 Å². The molecule has 28 heavy (non-hydrogen) atoms. The first-order valence-corrected chi connectivity index (χ1v) is 8.35. The van der Waals surface area contributed by atoms with Gasteiger partial charge in [0.15, 0.2) is 0 Å². The molecule has 0 saturated carbocycles. The van der Waals surface area contributed by atoms with Crippen molar-refractivity contribution in [2.75, 3.05) is 5.32 Å². The van der Waals surface area contributed by atoms with Crippen molar-refractivity contribution in [2.24, 2.45) is 0 Å². The average Bonchev–Trinajstić information content (AvgIpc) is 2.95. The predicted octanol–water partition coefficient (Wildman–Crippen LogP) is 3.33. The predicted molar refractivity (Wildman–Crippen MR) is 94.1 cm³/mol. The number of para-hydroxylation sites is 1. The van der Waals surface area contributed by atoms with Crippen molar-refractivity contribution in [2.45, 2.75) is 25.2 Å². The van der Waals surface area contributed by atoms with Crippen molar-refractivity contribution in [1.82, 2.24) is 10.2 Å². The molecule has 0 aliphatic carbocycles. The Morgan fingerprint density at radius 3 is 2.32 bits per heavy atom. The number of benzene rings is 2. The van der Waals surface area contributed by atoms with Gasteiger partial charge in [-0.3, -0.25) is 9.59 Å². The molecule has 0 bridgehead atoms. The second-order valence-corrected chi connectivity index (χ2v) is 6.21. The molecule has 4 amide bonds. The molecule has 0 spiro atoms. The van der Waals surface area contributed by atoms with E-state index in [4.69, 9.17) is 0 Å². The molecule has 1 fully saturated rings. The SMILES string of the molecule is CC(C(=O)Nc1ccccc1C(F)(F)F)N1C(=O)NC(c2ccccc2)C1=O. The second kappa shape index (κ2) is 7.34. The van der Waals surface area contributed by atoms with Crippen LogP contribution < -0.4 is 10.6 Å². The quantitative estimate of drug-likeness (QED) is 0.785. The maximum atomic E-state index is 13.1. The lowest BCUT2D eigenvalue weighted by molar-refractivity contribution is -0.137. The van der Waals surface area contributed by atoms with Crippen LogP contribution >= 0.6 is 0 Å². The highest BCUT2D eigenvalue weighted by molar-refractivity contribution is 6.09. The molecule has 1 aliphatic heterocycles. The maximum absolute atomic E-state index is 13.1. The highest BCUT2D eigenvalue weighted by atomic mass is 19.4. The third-order valence-electron chi connectivity index (χ3n) is 4.36. The summed E-state index contributed by atoms with van der Waals surface area (Å²) in [5.74, 6) is -1.56. The van der Waals surface area contributed by atoms with Crippen LogP contribution in [0, 0.1) is 0 Å². The van der Waals surface area contributed by atoms with Gasteiger partial charge in [-0.05, 0) is 24.6 Å². The number of carbonyl (C=O) groups excluding carboxylic acids is 3. The number of urea groups is 1. The fraction of sp³-hybridized carbons (Fsp3) is 0.211. The van der Waals surface area contributed by atoms with Crippen molar-refractivity contribution in [3.8, 4) is 0 Å². The van der Waals surface area contributed by atoms with Crippen LogP contribution in [-0.4, -0.2) is 28.8 Å². The Morgan fingerprint density at radius 1 is 1.07 bits per heavy atom. The van der Waals surface area contributed by atoms with Crippen molar-refractivity contribution in [3.05, 3.63) is 65.7 Å². The molecule has 9 heteroatoms. The molecule has 1 heterocycles. The zero-order chi connectivity index (χ0) is 20.5. The van der Waals surface area contributed by atoms with Crippen molar-refractivity contribution in [1.29, 1.82) is 0 Å². The number of hydrogen-bond donors (Lipinski definition) is 2. The number of hydrogen-bond acceptors (Lipinski definition) is 3. The minimum Gasteiger partial charge on any atom is -0.324 e. The largest absolute Gasteiger partial charge is 0.418 e. The molecule has 1 aliphatic rings. The Balaban J connectivity index is 1.79. The summed E-state index contributed by atoms with van der Waals surface area (Å²) < 4.78 is 39.3. The number of amides is 4. The molecule has 1 saturated heterocycles. The topological polar surface area (TPSA) is 78.5 Å². The number of rotatable bonds is 4. The first-order chi connectivity index (χ1) is 13.2. The smallest absolute Gasteiger partial charge is 0.324 e. The van der Waals surface area contributed by atoms with E-state index < -0.39 is 47.4 Å². The molecule has 3 rings (SSSR count). The summed E-state index contributed by atoms with van der Waals surface area (Å²) in [6, 6.07) is 9.87. The summed E-state index contributed by atoms with van der Waals surface area (Å²) >= 11 is 0. The summed E-state index contributed by atoms with van der Waals surface area (Å²) in [7, 11) is 0. The van der Waals surface area contributed by atoms with E-state index in [-0.39, 0.29) is 0 Å². The molecule has 2 unspecified atom stereocenters. The molecule has 0 aromatic heterocycles. The molecule has 0 radical (unpaired) electrons. The number of alkyl halides is 3. The van der Waals surface area contributed by atoms with E-state index >= 15 is 0 Å². The molecular formula is C19H16F3N3O3. The lowest BCUT2D eigenvalue weighted by Gasteiger charge is -2.22. The minimum absolute atomic E-state index is 0.446. The summed E-state index contributed by atoms with van der Waals surface area (Å²) in [6.07, 6.45) is -4.66. The normalized spacial score (nSPS) is 18.0. The fourth-order valence-electron chi connectivity index (χ4n) is 2.93. The maximum Gasteiger partial charge on any atom is 0.418 e. The van der Waals surface area contributed by atoms with Gasteiger partial charge in [-0.25, -0.2) is 9.69 Å². The molecule has 2 N–H and O–H groups in total. The van der Waals surface area contributed by atoms with Crippen LogP contribution in [0.5, 0.6) is 0 Å². The molecule has 2 aromatic rings. The minimum atomic E-state index is -4.66. The summed E-state index contributed by atoms with van der Waals surface area (Å²) in [6.45, 7) is 1.27. The average molecular weight is 391 g/mol. The highest BCUT2D eigenvalue weighted by Gasteiger charge is 2.44. The number of nitrogens with zero attached hydrogens (tertiary/aromatic N) is 1. The first-order valence-electron chi connectivity index (χ1n) is 8.35. The van der Waals surface area contributed by atoms with Crippen LogP contribution in [-0.2, 0) is 15.8 Å². The van der Waals surface area contributed by atoms with Gasteiger partial charge in [0.05, 0.1) is 11.3 Å². The molecule has 2 atom stereocenters. The Hall–Kier alpha value is -3.36. The molecular weight excluding hydrogens is 375 g/mol. The number of anilines is 1. The van der Waals surface area contributed by atoms with Gasteiger partial charge >= 0.3 is 12.2 Å². The Kier molecular flexibility index (Phi) is 5.08. The van der Waals surface area contributed by atoms with Gasteiger partial charge in [0.25, 0.3) is 5.91 Å². The van der Waals surface area contributed by atoms with E-state index in [0.717, 1.165) is 12.1 Å². The van der Waals surface area contributed by atoms with E-state index in [2.05, 4.69) is 10.6 Å². The van der Waals surface area contributed by atoms with Crippen LogP contribution in [0.15, 0.2) is 54.6 Å². The monoisotopic (exact) mass is 391 g/mol. The standard InChI is InChI=1S/C19H16F3N3O3/c1-11(16(26)23-14-10-6-5-9-13(14)19(20,21)22)25-17(27)15(24-18(25)28)12-7-3-2-4-8-12/h2-11,15H,1H3,(H,23,26)(H,24,28). The van der Waals surface area contributed by atoms with Gasteiger partial charge in [-0.2, -0.15) is 13.2 Å². The van der Waals surface area contributed by atoms with Gasteiger partial charge in [0.2, 0.25) is 5.91 Å². The summed E-state index contributed by atoms with van der Waals surface area (Å²) in [5, 5.41) is 4.64. The van der Waals surface area contributed by atoms with Crippen molar-refractivity contribution in [3.63, 3.8) is 0 Å². The number of imide groups is 1. The van der Waals surface area contributed by atoms with Crippen LogP contribution in [0.25, 0.3) is 0 Å². The van der Waals surface area contributed by atoms with Gasteiger partial charge in [0, 0.05) is 0 Å². The zero-order valence-corrected chi connectivity index (χ0v) is 14.7. The van der Waals surface area contributed by atoms with Crippen molar-refractivity contribution >= 4 is 23.5 Å². The van der Waals surface area contributed by atoms with Crippen LogP contribution in [0.4, 0.5) is 23.7 Å². The van der Waals surface area contributed by atoms with E-state index in [1.54, 1.807) is 30.3 Å². The van der Waals surface area contributed by atoms with Gasteiger partial charge in [-0.15, -0.1) is 0 Å². The Labute approximate surface area is 158 Å². The van der Waals surface area contributed by atoms with Crippen molar-refractivity contribution < 1.29 is 27.6 Å². The van der Waals surface area contributed by atoms with E-state index in [1.165, 1.54) is 19.1 Å². The Morgan fingerprint density at radius 2 is 1.68 bits per heavy atom. The van der Waals surface area contributed by atoms with E-state index in [9.17, 15) is 27.6 Å². The first kappa shape index (κ1) is 19.4. The zero-order valence-electron chi connectivity index (χ0n) is 14.7. The third kappa shape index (κ3) is 3.68. The van der Waals surface area contributed by atoms with Crippen LogP contribution in [0.1, 0.15) is 24.1 Å². The summed E-state index contributed by atoms with van der Waals surface area (Å²) in [5.41, 5.74) is -0.924. The second-order valence-electron chi connectivity index (χ2n) is 6.21. The lowest BCUT2D eigenvalue weighted by Crippen LogP contribution is -2.46. The Bertz CT molecular complexity index is 915. The third-order valence-corrected chi connectivity index (χ3v) is 4.36. The lowest BCUT2D eigenvalue weighted by atomic mass is 10.1. The molecule has 6 nitrogen and oxygen atoms in total. The fourth-order valence-corrected chi connectivity index (χ4v) is 2.93. The van der Waals surface area contributed by atoms with Gasteiger partial charge < -0.3 is 10.6 Å². The van der Waals surface area contributed by atoms with Crippen LogP contribution in [0.2, 0.25) is 0 Å². The summed E-state index contributed by atoms with van der Waals surface area (Å²) in [4.78, 5) is 38.0. The molecule has 146 valence electrons. The number of nitrogens with one attached hydrogen (secondary N) is 2. The van der Waals surface area contributed by atoms with E-state index in [1.807, 2.05) is 0 Å².